The minimum atomic E-state index is 0. The predicted octanol–water partition coefficient (Wildman–Crippen LogP) is 5.67. The van der Waals surface area contributed by atoms with Crippen LogP contribution in [0, 0.1) is 13.7 Å². The van der Waals surface area contributed by atoms with Gasteiger partial charge in [-0.05, 0) is 75.7 Å². The monoisotopic (exact) mass is 674 g/mol. The first-order valence-corrected chi connectivity index (χ1v) is 11.7. The molecular weight excluding hydrogens is 658 g/mol. The first-order chi connectivity index (χ1) is 15.0. The molecule has 0 aliphatic heterocycles. The second kappa shape index (κ2) is 15.6. The third-order valence-corrected chi connectivity index (χ3v) is 6.04. The van der Waals surface area contributed by atoms with Crippen LogP contribution < -0.4 is 35.3 Å². The standard InChI is InChI=1S/C12H8BrI.C12H10BrN.HNO2.Na/c2*13-10-6-7-12(14)11(8-10)9-4-2-1-3-5-9;2-1-3;/h1-8H;1-8H,14H2;(H,2,3);/q;;;+1/p-1. The molecule has 0 unspecified atom stereocenters. The van der Waals surface area contributed by atoms with Crippen molar-refractivity contribution < 1.29 is 29.6 Å². The van der Waals surface area contributed by atoms with Gasteiger partial charge in [-0.15, -0.1) is 5.34 Å². The molecule has 32 heavy (non-hydrogen) atoms. The second-order valence-electron chi connectivity index (χ2n) is 6.16. The fourth-order valence-electron chi connectivity index (χ4n) is 2.73. The van der Waals surface area contributed by atoms with Crippen LogP contribution in [-0.2, 0) is 0 Å². The molecule has 4 aromatic carbocycles. The smallest absolute Gasteiger partial charge is 0.444 e. The van der Waals surface area contributed by atoms with Gasteiger partial charge in [-0.1, -0.05) is 92.5 Å². The van der Waals surface area contributed by atoms with Gasteiger partial charge in [0.25, 0.3) is 0 Å². The van der Waals surface area contributed by atoms with Crippen molar-refractivity contribution in [1.82, 2.24) is 0 Å². The number of hydrogen-bond donors (Lipinski definition) is 1. The van der Waals surface area contributed by atoms with Crippen molar-refractivity contribution in [2.45, 2.75) is 0 Å². The molecule has 0 spiro atoms. The van der Waals surface area contributed by atoms with Gasteiger partial charge in [0.05, 0.1) is 0 Å². The van der Waals surface area contributed by atoms with E-state index in [1.54, 1.807) is 0 Å². The Morgan fingerprint density at radius 3 is 1.62 bits per heavy atom. The SMILES string of the molecule is Brc1ccc(I)c(-c2ccccc2)c1.Nc1ccc(Br)cc1-c1ccccc1.O=N[O-].[Na+]. The molecule has 0 saturated heterocycles. The Morgan fingerprint density at radius 1 is 0.719 bits per heavy atom. The van der Waals surface area contributed by atoms with Crippen LogP contribution in [0.25, 0.3) is 22.3 Å². The summed E-state index contributed by atoms with van der Waals surface area (Å²) < 4.78 is 3.44. The number of benzene rings is 4. The van der Waals surface area contributed by atoms with Crippen LogP contribution in [0.3, 0.4) is 0 Å². The molecule has 4 aromatic rings. The summed E-state index contributed by atoms with van der Waals surface area (Å²) in [4.78, 5) is 8.00. The molecule has 0 atom stereocenters. The maximum Gasteiger partial charge on any atom is 1.00 e. The Balaban J connectivity index is 0.000000278. The van der Waals surface area contributed by atoms with Gasteiger partial charge in [0, 0.05) is 23.8 Å². The van der Waals surface area contributed by atoms with Gasteiger partial charge in [-0.2, -0.15) is 0 Å². The molecule has 4 nitrogen and oxygen atoms in total. The van der Waals surface area contributed by atoms with Gasteiger partial charge in [-0.3, -0.25) is 0 Å². The van der Waals surface area contributed by atoms with Crippen LogP contribution in [0.2, 0.25) is 0 Å². The number of nitrogens with two attached hydrogens (primary N) is 1. The third kappa shape index (κ3) is 9.33. The number of hydrogen-bond acceptors (Lipinski definition) is 4. The van der Waals surface area contributed by atoms with E-state index in [2.05, 4.69) is 109 Å². The summed E-state index contributed by atoms with van der Waals surface area (Å²) in [5, 5.41) is 9.00. The number of rotatable bonds is 2. The van der Waals surface area contributed by atoms with Crippen LogP contribution in [-0.4, -0.2) is 0 Å². The molecule has 0 fully saturated rings. The molecule has 0 heterocycles. The van der Waals surface area contributed by atoms with E-state index >= 15 is 0 Å². The fourth-order valence-corrected chi connectivity index (χ4v) is 4.10. The van der Waals surface area contributed by atoms with E-state index in [0.717, 1.165) is 31.1 Å². The Morgan fingerprint density at radius 2 is 1.12 bits per heavy atom. The molecule has 4 rings (SSSR count). The van der Waals surface area contributed by atoms with Crippen LogP contribution in [0.15, 0.2) is 111 Å². The van der Waals surface area contributed by atoms with Gasteiger partial charge < -0.3 is 15.8 Å². The van der Waals surface area contributed by atoms with E-state index in [4.69, 9.17) is 15.8 Å². The Hall–Kier alpha value is -1.23. The van der Waals surface area contributed by atoms with Gasteiger partial charge in [0.2, 0.25) is 0 Å². The van der Waals surface area contributed by atoms with E-state index < -0.39 is 0 Å². The summed E-state index contributed by atoms with van der Waals surface area (Å²) in [5.41, 5.74) is 11.5. The summed E-state index contributed by atoms with van der Waals surface area (Å²) in [7, 11) is 0. The largest absolute Gasteiger partial charge is 1.00 e. The average molecular weight is 676 g/mol. The summed E-state index contributed by atoms with van der Waals surface area (Å²) in [6.45, 7) is 0. The molecule has 0 aliphatic carbocycles. The predicted molar refractivity (Wildman–Crippen MR) is 145 cm³/mol. The summed E-state index contributed by atoms with van der Waals surface area (Å²) in [6, 6.07) is 32.8. The van der Waals surface area contributed by atoms with Crippen molar-refractivity contribution in [3.63, 3.8) is 0 Å². The van der Waals surface area contributed by atoms with Crippen LogP contribution >= 0.6 is 54.5 Å². The minimum Gasteiger partial charge on any atom is -0.444 e. The molecule has 8 heteroatoms. The molecule has 0 aromatic heterocycles. The molecular formula is C24H18Br2IN2NaO2. The van der Waals surface area contributed by atoms with Crippen LogP contribution in [0.4, 0.5) is 5.69 Å². The Kier molecular flexibility index (Phi) is 14.0. The zero-order valence-corrected chi connectivity index (χ0v) is 24.5. The van der Waals surface area contributed by atoms with Gasteiger partial charge in [0.15, 0.2) is 0 Å². The molecule has 2 N–H and O–H groups in total. The van der Waals surface area contributed by atoms with E-state index in [-0.39, 0.29) is 29.6 Å². The molecule has 0 aliphatic rings. The average Bonchev–Trinajstić information content (AvgIpc) is 2.79. The minimum absolute atomic E-state index is 0. The van der Waals surface area contributed by atoms with Gasteiger partial charge in [0.1, 0.15) is 0 Å². The molecule has 0 amide bonds. The van der Waals surface area contributed by atoms with Crippen molar-refractivity contribution in [3.05, 3.63) is 120 Å². The number of nitrogen functional groups attached to an aromatic ring is 1. The van der Waals surface area contributed by atoms with Gasteiger partial charge >= 0.3 is 29.6 Å². The third-order valence-electron chi connectivity index (χ3n) is 4.11. The number of nitrogens with zero attached hydrogens (tertiary/aromatic N) is 1. The van der Waals surface area contributed by atoms with Crippen molar-refractivity contribution in [3.8, 4) is 22.3 Å². The Labute approximate surface area is 240 Å². The van der Waals surface area contributed by atoms with Crippen molar-refractivity contribution in [2.75, 3.05) is 5.73 Å². The Bertz CT molecular complexity index is 1030. The zero-order valence-electron chi connectivity index (χ0n) is 17.2. The van der Waals surface area contributed by atoms with Gasteiger partial charge in [-0.25, -0.2) is 0 Å². The maximum absolute atomic E-state index is 8.00. The molecule has 0 saturated carbocycles. The van der Waals surface area contributed by atoms with Crippen LogP contribution in [0.1, 0.15) is 0 Å². The first-order valence-electron chi connectivity index (χ1n) is 9.02. The zero-order chi connectivity index (χ0) is 22.6. The second-order valence-corrected chi connectivity index (χ2v) is 9.16. The van der Waals surface area contributed by atoms with Crippen molar-refractivity contribution >= 4 is 60.1 Å². The molecule has 0 radical (unpaired) electrons. The summed E-state index contributed by atoms with van der Waals surface area (Å²) >= 11 is 9.29. The topological polar surface area (TPSA) is 78.5 Å². The van der Waals surface area contributed by atoms with E-state index in [1.165, 1.54) is 14.7 Å². The number of halogens is 3. The van der Waals surface area contributed by atoms with E-state index in [9.17, 15) is 0 Å². The van der Waals surface area contributed by atoms with E-state index in [1.807, 2.05) is 42.5 Å². The van der Waals surface area contributed by atoms with E-state index in [0.29, 0.717) is 0 Å². The molecule has 0 bridgehead atoms. The summed E-state index contributed by atoms with van der Waals surface area (Å²) in [6.07, 6.45) is 0. The summed E-state index contributed by atoms with van der Waals surface area (Å²) in [5.74, 6) is 0. The molecule has 158 valence electrons. The fraction of sp³-hybridized carbons (Fsp3) is 0. The van der Waals surface area contributed by atoms with Crippen molar-refractivity contribution in [2.24, 2.45) is 5.34 Å². The maximum atomic E-state index is 8.00. The van der Waals surface area contributed by atoms with Crippen molar-refractivity contribution in [1.29, 1.82) is 0 Å². The first kappa shape index (κ1) is 28.8. The number of anilines is 1. The normalized spacial score (nSPS) is 9.22. The quantitative estimate of drug-likeness (QED) is 0.0978. The van der Waals surface area contributed by atoms with Crippen LogP contribution in [0.5, 0.6) is 0 Å².